The first-order valence-corrected chi connectivity index (χ1v) is 10.3. The summed E-state index contributed by atoms with van der Waals surface area (Å²) in [7, 11) is 0. The molecule has 27 heavy (non-hydrogen) atoms. The van der Waals surface area contributed by atoms with Crippen LogP contribution in [0.5, 0.6) is 0 Å². The van der Waals surface area contributed by atoms with Crippen molar-refractivity contribution >= 4 is 23.2 Å². The van der Waals surface area contributed by atoms with E-state index in [0.717, 1.165) is 30.6 Å². The molecule has 2 aromatic heterocycles. The van der Waals surface area contributed by atoms with Gasteiger partial charge in [0.25, 0.3) is 11.5 Å². The van der Waals surface area contributed by atoms with Crippen LogP contribution < -0.4 is 10.9 Å². The number of aromatic amines is 1. The molecular weight excluding hydrogens is 362 g/mol. The molecule has 7 heteroatoms. The summed E-state index contributed by atoms with van der Waals surface area (Å²) in [4.78, 5) is 42.9. The molecule has 0 radical (unpaired) electrons. The molecule has 1 saturated heterocycles. The minimum Gasteiger partial charge on any atom is -0.356 e. The molecule has 2 N–H and O–H groups in total. The van der Waals surface area contributed by atoms with Crippen LogP contribution in [0.1, 0.15) is 43.0 Å². The smallest absolute Gasteiger partial charge is 0.261 e. The second kappa shape index (κ2) is 8.99. The lowest BCUT2D eigenvalue weighted by Crippen LogP contribution is -2.46. The summed E-state index contributed by atoms with van der Waals surface area (Å²) in [5.74, 6) is -0.507. The number of pyridine rings is 1. The average Bonchev–Trinajstić information content (AvgIpc) is 3.22. The van der Waals surface area contributed by atoms with E-state index in [2.05, 4.69) is 17.2 Å². The quantitative estimate of drug-likeness (QED) is 0.748. The van der Waals surface area contributed by atoms with Crippen LogP contribution in [0, 0.1) is 5.92 Å². The van der Waals surface area contributed by atoms with Gasteiger partial charge in [0.05, 0.1) is 16.5 Å². The van der Waals surface area contributed by atoms with E-state index in [1.165, 1.54) is 11.3 Å². The van der Waals surface area contributed by atoms with Crippen molar-refractivity contribution < 1.29 is 9.59 Å². The van der Waals surface area contributed by atoms with Crippen LogP contribution in [0.25, 0.3) is 10.6 Å². The van der Waals surface area contributed by atoms with Gasteiger partial charge >= 0.3 is 0 Å². The van der Waals surface area contributed by atoms with Gasteiger partial charge in [-0.3, -0.25) is 14.4 Å². The topological polar surface area (TPSA) is 82.3 Å². The fraction of sp³-hybridized carbons (Fsp3) is 0.450. The highest BCUT2D eigenvalue weighted by Crippen LogP contribution is 2.22. The summed E-state index contributed by atoms with van der Waals surface area (Å²) in [6, 6.07) is 7.18. The summed E-state index contributed by atoms with van der Waals surface area (Å²) in [5.41, 5.74) is 0.446. The Hall–Kier alpha value is -2.41. The predicted octanol–water partition coefficient (Wildman–Crippen LogP) is 2.87. The number of H-pyrrole nitrogens is 1. The number of aromatic nitrogens is 1. The molecule has 0 bridgehead atoms. The Labute approximate surface area is 162 Å². The number of nitrogens with zero attached hydrogens (tertiary/aromatic N) is 1. The number of amides is 2. The summed E-state index contributed by atoms with van der Waals surface area (Å²) in [6.45, 7) is 3.69. The molecule has 3 rings (SSSR count). The Balaban J connectivity index is 1.68. The summed E-state index contributed by atoms with van der Waals surface area (Å²) in [6.07, 6.45) is 3.52. The highest BCUT2D eigenvalue weighted by atomic mass is 32.1. The Bertz CT molecular complexity index is 844. The first kappa shape index (κ1) is 19.4. The minimum atomic E-state index is -0.388. The molecule has 2 amide bonds. The number of hydrogen-bond donors (Lipinski definition) is 2. The predicted molar refractivity (Wildman–Crippen MR) is 107 cm³/mol. The Morgan fingerprint density at radius 2 is 2.19 bits per heavy atom. The zero-order valence-corrected chi connectivity index (χ0v) is 16.3. The number of carbonyl (C=O) groups excluding carboxylic acids is 2. The monoisotopic (exact) mass is 387 g/mol. The SMILES string of the molecule is CCCCNC(=O)C1CCCN(C(=O)c2ccc(-c3cccs3)[nH]c2=O)C1. The van der Waals surface area contributed by atoms with Gasteiger partial charge in [-0.05, 0) is 42.8 Å². The Morgan fingerprint density at radius 1 is 1.33 bits per heavy atom. The first-order chi connectivity index (χ1) is 13.1. The van der Waals surface area contributed by atoms with E-state index in [1.54, 1.807) is 17.0 Å². The molecule has 0 saturated carbocycles. The molecule has 3 heterocycles. The van der Waals surface area contributed by atoms with Crippen molar-refractivity contribution in [3.05, 3.63) is 45.6 Å². The Morgan fingerprint density at radius 3 is 2.89 bits per heavy atom. The van der Waals surface area contributed by atoms with Crippen LogP contribution in [0.3, 0.4) is 0 Å². The van der Waals surface area contributed by atoms with Crippen LogP contribution in [-0.2, 0) is 4.79 Å². The average molecular weight is 388 g/mol. The van der Waals surface area contributed by atoms with E-state index < -0.39 is 0 Å². The maximum Gasteiger partial charge on any atom is 0.261 e. The van der Waals surface area contributed by atoms with Gasteiger partial charge in [-0.15, -0.1) is 11.3 Å². The molecule has 1 atom stereocenters. The molecule has 1 aliphatic heterocycles. The summed E-state index contributed by atoms with van der Waals surface area (Å²) in [5, 5.41) is 4.88. The van der Waals surface area contributed by atoms with Gasteiger partial charge < -0.3 is 15.2 Å². The molecule has 1 fully saturated rings. The third-order valence-corrected chi connectivity index (χ3v) is 5.74. The minimum absolute atomic E-state index is 0.00269. The zero-order valence-electron chi connectivity index (χ0n) is 15.5. The van der Waals surface area contributed by atoms with Crippen molar-refractivity contribution in [3.8, 4) is 10.6 Å². The fourth-order valence-corrected chi connectivity index (χ4v) is 4.00. The van der Waals surface area contributed by atoms with Crippen molar-refractivity contribution in [2.45, 2.75) is 32.6 Å². The van der Waals surface area contributed by atoms with Crippen LogP contribution >= 0.6 is 11.3 Å². The normalized spacial score (nSPS) is 16.9. The summed E-state index contributed by atoms with van der Waals surface area (Å²) >= 11 is 1.53. The van der Waals surface area contributed by atoms with Crippen molar-refractivity contribution in [1.82, 2.24) is 15.2 Å². The van der Waals surface area contributed by atoms with Crippen molar-refractivity contribution in [3.63, 3.8) is 0 Å². The second-order valence-corrected chi connectivity index (χ2v) is 7.77. The van der Waals surface area contributed by atoms with E-state index in [9.17, 15) is 14.4 Å². The third kappa shape index (κ3) is 4.66. The second-order valence-electron chi connectivity index (χ2n) is 6.83. The molecule has 0 aliphatic carbocycles. The van der Waals surface area contributed by atoms with Gasteiger partial charge in [-0.25, -0.2) is 0 Å². The van der Waals surface area contributed by atoms with Crippen LogP contribution in [0.2, 0.25) is 0 Å². The molecular formula is C20H25N3O3S. The van der Waals surface area contributed by atoms with E-state index in [-0.39, 0.29) is 28.9 Å². The van der Waals surface area contributed by atoms with Gasteiger partial charge in [0, 0.05) is 19.6 Å². The molecule has 2 aromatic rings. The number of piperidine rings is 1. The van der Waals surface area contributed by atoms with Gasteiger partial charge in [0.1, 0.15) is 5.56 Å². The molecule has 0 spiro atoms. The number of likely N-dealkylation sites (tertiary alicyclic amines) is 1. The third-order valence-electron chi connectivity index (χ3n) is 4.84. The number of unbranched alkanes of at least 4 members (excludes halogenated alkanes) is 1. The number of nitrogens with one attached hydrogen (secondary N) is 2. The van der Waals surface area contributed by atoms with Crippen molar-refractivity contribution in [1.29, 1.82) is 0 Å². The van der Waals surface area contributed by atoms with Crippen LogP contribution in [0.4, 0.5) is 0 Å². The number of carbonyl (C=O) groups is 2. The van der Waals surface area contributed by atoms with Crippen molar-refractivity contribution in [2.75, 3.05) is 19.6 Å². The molecule has 0 aromatic carbocycles. The zero-order chi connectivity index (χ0) is 19.2. The lowest BCUT2D eigenvalue weighted by molar-refractivity contribution is -0.126. The van der Waals surface area contributed by atoms with Crippen molar-refractivity contribution in [2.24, 2.45) is 5.92 Å². The highest BCUT2D eigenvalue weighted by Gasteiger charge is 2.29. The highest BCUT2D eigenvalue weighted by molar-refractivity contribution is 7.13. The van der Waals surface area contributed by atoms with Crippen LogP contribution in [0.15, 0.2) is 34.4 Å². The lowest BCUT2D eigenvalue weighted by atomic mass is 9.96. The van der Waals surface area contributed by atoms with Crippen LogP contribution in [-0.4, -0.2) is 41.3 Å². The van der Waals surface area contributed by atoms with Gasteiger partial charge in [0.15, 0.2) is 0 Å². The maximum absolute atomic E-state index is 12.8. The largest absolute Gasteiger partial charge is 0.356 e. The van der Waals surface area contributed by atoms with Gasteiger partial charge in [-0.2, -0.15) is 0 Å². The molecule has 144 valence electrons. The van der Waals surface area contributed by atoms with Gasteiger partial charge in [-0.1, -0.05) is 19.4 Å². The van der Waals surface area contributed by atoms with Gasteiger partial charge in [0.2, 0.25) is 5.91 Å². The summed E-state index contributed by atoms with van der Waals surface area (Å²) < 4.78 is 0. The Kier molecular flexibility index (Phi) is 6.45. The number of thiophene rings is 1. The fourth-order valence-electron chi connectivity index (χ4n) is 3.30. The number of hydrogen-bond acceptors (Lipinski definition) is 4. The molecule has 1 aliphatic rings. The van der Waals surface area contributed by atoms with E-state index in [0.29, 0.717) is 25.3 Å². The lowest BCUT2D eigenvalue weighted by Gasteiger charge is -2.32. The van der Waals surface area contributed by atoms with E-state index in [4.69, 9.17) is 0 Å². The number of rotatable bonds is 6. The molecule has 6 nitrogen and oxygen atoms in total. The van der Waals surface area contributed by atoms with E-state index >= 15 is 0 Å². The maximum atomic E-state index is 12.8. The standard InChI is InChI=1S/C20H25N3O3S/c1-2-3-10-21-18(24)14-6-4-11-23(13-14)20(26)15-8-9-16(22-19(15)25)17-7-5-12-27-17/h5,7-9,12,14H,2-4,6,10-11,13H2,1H3,(H,21,24)(H,22,25). The van der Waals surface area contributed by atoms with E-state index in [1.807, 2.05) is 17.5 Å². The molecule has 1 unspecified atom stereocenters. The first-order valence-electron chi connectivity index (χ1n) is 9.44.